The number of hydrogen-bond acceptors (Lipinski definition) is 4. The highest BCUT2D eigenvalue weighted by molar-refractivity contribution is 7.07. The Hall–Kier alpha value is -0.450. The summed E-state index contributed by atoms with van der Waals surface area (Å²) >= 11 is 1.61. The van der Waals surface area contributed by atoms with Crippen LogP contribution in [0.25, 0.3) is 0 Å². The van der Waals surface area contributed by atoms with E-state index in [4.69, 9.17) is 4.74 Å². The lowest BCUT2D eigenvalue weighted by Gasteiger charge is -2.07. The van der Waals surface area contributed by atoms with Gasteiger partial charge in [-0.1, -0.05) is 13.8 Å². The molecule has 1 rings (SSSR count). The van der Waals surface area contributed by atoms with E-state index in [2.05, 4.69) is 24.1 Å². The van der Waals surface area contributed by atoms with Crippen molar-refractivity contribution in [3.63, 3.8) is 0 Å². The lowest BCUT2D eigenvalue weighted by Crippen LogP contribution is -2.24. The Morgan fingerprint density at radius 2 is 2.43 bits per heavy atom. The Morgan fingerprint density at radius 3 is 3.07 bits per heavy atom. The first-order valence-corrected chi connectivity index (χ1v) is 5.91. The van der Waals surface area contributed by atoms with Crippen LogP contribution in [-0.4, -0.2) is 24.2 Å². The molecule has 14 heavy (non-hydrogen) atoms. The van der Waals surface area contributed by atoms with Crippen LogP contribution in [0.1, 0.15) is 26.0 Å². The van der Waals surface area contributed by atoms with Crippen LogP contribution in [0.3, 0.4) is 0 Å². The first-order chi connectivity index (χ1) is 6.79. The van der Waals surface area contributed by atoms with Gasteiger partial charge in [0.25, 0.3) is 0 Å². The first-order valence-electron chi connectivity index (χ1n) is 4.97. The lowest BCUT2D eigenvalue weighted by molar-refractivity contribution is 0.116. The summed E-state index contributed by atoms with van der Waals surface area (Å²) < 4.78 is 5.46. The van der Waals surface area contributed by atoms with Gasteiger partial charge in [-0.05, 0) is 13.0 Å². The summed E-state index contributed by atoms with van der Waals surface area (Å²) in [7, 11) is 0. The van der Waals surface area contributed by atoms with Gasteiger partial charge in [0.1, 0.15) is 0 Å². The highest BCUT2D eigenvalue weighted by Gasteiger charge is 1.95. The van der Waals surface area contributed by atoms with Crippen molar-refractivity contribution < 1.29 is 4.74 Å². The number of nitrogens with zero attached hydrogens (tertiary/aromatic N) is 1. The summed E-state index contributed by atoms with van der Waals surface area (Å²) in [5.74, 6) is 0. The van der Waals surface area contributed by atoms with Crippen LogP contribution < -0.4 is 5.32 Å². The SMILES string of the molecule is CC(C)NCCCOCc1cscn1. The molecule has 1 heterocycles. The van der Waals surface area contributed by atoms with Crippen molar-refractivity contribution in [3.05, 3.63) is 16.6 Å². The fraction of sp³-hybridized carbons (Fsp3) is 0.700. The second-order valence-electron chi connectivity index (χ2n) is 3.49. The molecule has 0 aliphatic heterocycles. The quantitative estimate of drug-likeness (QED) is 0.705. The van der Waals surface area contributed by atoms with Crippen LogP contribution in [0.2, 0.25) is 0 Å². The average Bonchev–Trinajstić information content (AvgIpc) is 2.63. The van der Waals surface area contributed by atoms with E-state index in [1.807, 2.05) is 10.9 Å². The zero-order valence-corrected chi connectivity index (χ0v) is 9.64. The number of aromatic nitrogens is 1. The number of hydrogen-bond donors (Lipinski definition) is 1. The van der Waals surface area contributed by atoms with E-state index in [0.717, 1.165) is 25.3 Å². The second kappa shape index (κ2) is 6.92. The van der Waals surface area contributed by atoms with Crippen molar-refractivity contribution in [2.45, 2.75) is 32.9 Å². The predicted octanol–water partition coefficient (Wildman–Crippen LogP) is 2.05. The maximum Gasteiger partial charge on any atom is 0.0896 e. The molecule has 0 aromatic carbocycles. The number of nitrogens with one attached hydrogen (secondary N) is 1. The van der Waals surface area contributed by atoms with Crippen molar-refractivity contribution in [2.75, 3.05) is 13.2 Å². The molecule has 0 atom stereocenters. The number of ether oxygens (including phenoxy) is 1. The molecule has 0 saturated carbocycles. The van der Waals surface area contributed by atoms with E-state index in [0.29, 0.717) is 12.6 Å². The fourth-order valence-corrected chi connectivity index (χ4v) is 1.59. The Labute approximate surface area is 89.5 Å². The van der Waals surface area contributed by atoms with Crippen LogP contribution in [0.4, 0.5) is 0 Å². The summed E-state index contributed by atoms with van der Waals surface area (Å²) in [6.45, 7) is 6.77. The molecule has 1 aromatic rings. The molecule has 80 valence electrons. The monoisotopic (exact) mass is 214 g/mol. The molecule has 0 amide bonds. The highest BCUT2D eigenvalue weighted by atomic mass is 32.1. The third kappa shape index (κ3) is 5.32. The van der Waals surface area contributed by atoms with Crippen LogP contribution in [0.15, 0.2) is 10.9 Å². The van der Waals surface area contributed by atoms with Gasteiger partial charge in [0, 0.05) is 18.0 Å². The number of rotatable bonds is 7. The highest BCUT2D eigenvalue weighted by Crippen LogP contribution is 2.02. The van der Waals surface area contributed by atoms with Gasteiger partial charge in [0.15, 0.2) is 0 Å². The van der Waals surface area contributed by atoms with Gasteiger partial charge < -0.3 is 10.1 Å². The molecule has 3 nitrogen and oxygen atoms in total. The molecule has 0 spiro atoms. The smallest absolute Gasteiger partial charge is 0.0896 e. The molecule has 0 aliphatic rings. The van der Waals surface area contributed by atoms with Crippen molar-refractivity contribution in [2.24, 2.45) is 0 Å². The van der Waals surface area contributed by atoms with E-state index in [1.165, 1.54) is 0 Å². The largest absolute Gasteiger partial charge is 0.375 e. The third-order valence-corrected chi connectivity index (χ3v) is 2.39. The Bertz CT molecular complexity index is 224. The van der Waals surface area contributed by atoms with Gasteiger partial charge >= 0.3 is 0 Å². The molecular weight excluding hydrogens is 196 g/mol. The third-order valence-electron chi connectivity index (χ3n) is 1.75. The van der Waals surface area contributed by atoms with E-state index in [1.54, 1.807) is 11.3 Å². The second-order valence-corrected chi connectivity index (χ2v) is 4.21. The molecule has 0 aliphatic carbocycles. The maximum atomic E-state index is 5.46. The van der Waals surface area contributed by atoms with Gasteiger partial charge in [-0.3, -0.25) is 0 Å². The normalized spacial score (nSPS) is 11.1. The molecule has 1 N–H and O–H groups in total. The molecule has 0 bridgehead atoms. The summed E-state index contributed by atoms with van der Waals surface area (Å²) in [5.41, 5.74) is 2.87. The van der Waals surface area contributed by atoms with E-state index >= 15 is 0 Å². The summed E-state index contributed by atoms with van der Waals surface area (Å²) in [6.07, 6.45) is 1.06. The van der Waals surface area contributed by atoms with E-state index in [9.17, 15) is 0 Å². The van der Waals surface area contributed by atoms with Crippen molar-refractivity contribution >= 4 is 11.3 Å². The minimum Gasteiger partial charge on any atom is -0.375 e. The lowest BCUT2D eigenvalue weighted by atomic mass is 10.3. The molecule has 0 fully saturated rings. The fourth-order valence-electron chi connectivity index (χ4n) is 1.05. The zero-order valence-electron chi connectivity index (χ0n) is 8.82. The minimum atomic E-state index is 0.563. The predicted molar refractivity (Wildman–Crippen MR) is 59.5 cm³/mol. The number of thiazole rings is 1. The molecule has 1 aromatic heterocycles. The average molecular weight is 214 g/mol. The van der Waals surface area contributed by atoms with Gasteiger partial charge in [-0.2, -0.15) is 0 Å². The van der Waals surface area contributed by atoms with Gasteiger partial charge in [-0.15, -0.1) is 11.3 Å². The van der Waals surface area contributed by atoms with Gasteiger partial charge in [0.2, 0.25) is 0 Å². The van der Waals surface area contributed by atoms with Gasteiger partial charge in [0.05, 0.1) is 17.8 Å². The van der Waals surface area contributed by atoms with Crippen LogP contribution in [0, 0.1) is 0 Å². The molecule has 0 radical (unpaired) electrons. The standard InChI is InChI=1S/C10H18N2OS/c1-9(2)11-4-3-5-13-6-10-7-14-8-12-10/h7-9,11H,3-6H2,1-2H3. The first kappa shape index (κ1) is 11.6. The Kier molecular flexibility index (Phi) is 5.75. The van der Waals surface area contributed by atoms with Crippen molar-refractivity contribution in [1.82, 2.24) is 10.3 Å². The molecular formula is C10H18N2OS. The van der Waals surface area contributed by atoms with Gasteiger partial charge in [-0.25, -0.2) is 4.98 Å². The Balaban J connectivity index is 1.90. The molecule has 0 saturated heterocycles. The topological polar surface area (TPSA) is 34.1 Å². The Morgan fingerprint density at radius 1 is 1.57 bits per heavy atom. The summed E-state index contributed by atoms with van der Waals surface area (Å²) in [5, 5.41) is 5.37. The molecule has 4 heteroatoms. The van der Waals surface area contributed by atoms with Crippen LogP contribution in [0.5, 0.6) is 0 Å². The van der Waals surface area contributed by atoms with E-state index < -0.39 is 0 Å². The maximum absolute atomic E-state index is 5.46. The summed E-state index contributed by atoms with van der Waals surface area (Å²) in [6, 6.07) is 0.563. The summed E-state index contributed by atoms with van der Waals surface area (Å²) in [4.78, 5) is 4.14. The zero-order chi connectivity index (χ0) is 10.2. The van der Waals surface area contributed by atoms with E-state index in [-0.39, 0.29) is 0 Å². The van der Waals surface area contributed by atoms with Crippen molar-refractivity contribution in [1.29, 1.82) is 0 Å². The van der Waals surface area contributed by atoms with Crippen LogP contribution in [-0.2, 0) is 11.3 Å². The minimum absolute atomic E-state index is 0.563. The molecule has 0 unspecified atom stereocenters. The van der Waals surface area contributed by atoms with Crippen molar-refractivity contribution in [3.8, 4) is 0 Å². The van der Waals surface area contributed by atoms with Crippen LogP contribution >= 0.6 is 11.3 Å².